The van der Waals surface area contributed by atoms with Crippen molar-refractivity contribution in [2.45, 2.75) is 6.42 Å². The van der Waals surface area contributed by atoms with E-state index in [0.717, 1.165) is 6.07 Å². The molecule has 130 valence electrons. The quantitative estimate of drug-likeness (QED) is 0.557. The molecular weight excluding hydrogens is 367 g/mol. The molecule has 0 saturated carbocycles. The summed E-state index contributed by atoms with van der Waals surface area (Å²) in [6.07, 6.45) is 1.90. The maximum absolute atomic E-state index is 12.8. The van der Waals surface area contributed by atoms with Crippen LogP contribution >= 0.6 is 23.2 Å². The number of nitrogens with one attached hydrogen (secondary N) is 1. The number of halogens is 2. The van der Waals surface area contributed by atoms with E-state index in [1.54, 1.807) is 6.07 Å². The summed E-state index contributed by atoms with van der Waals surface area (Å²) in [5.41, 5.74) is 0.241. The zero-order valence-electron chi connectivity index (χ0n) is 12.9. The molecule has 1 aliphatic rings. The number of hydrogen-bond acceptors (Lipinski definition) is 7. The van der Waals surface area contributed by atoms with Crippen molar-refractivity contribution >= 4 is 40.5 Å². The van der Waals surface area contributed by atoms with Gasteiger partial charge in [0.15, 0.2) is 5.78 Å². The van der Waals surface area contributed by atoms with Crippen LogP contribution in [0.4, 0.5) is 5.82 Å². The maximum Gasteiger partial charge on any atom is 0.224 e. The molecule has 1 atom stereocenters. The van der Waals surface area contributed by atoms with Crippen molar-refractivity contribution in [3.63, 3.8) is 0 Å². The highest BCUT2D eigenvalue weighted by atomic mass is 35.5. The fourth-order valence-electron chi connectivity index (χ4n) is 2.74. The number of ketones is 1. The number of aromatic hydroxyl groups is 2. The van der Waals surface area contributed by atoms with Crippen molar-refractivity contribution in [3.8, 4) is 11.5 Å². The molecule has 2 heterocycles. The van der Waals surface area contributed by atoms with Crippen LogP contribution in [0.1, 0.15) is 16.8 Å². The van der Waals surface area contributed by atoms with E-state index >= 15 is 0 Å². The molecule has 1 aromatic heterocycles. The van der Waals surface area contributed by atoms with Crippen molar-refractivity contribution in [1.82, 2.24) is 9.97 Å². The number of carbonyl (C=O) groups is 1. The molecule has 7 nitrogen and oxygen atoms in total. The molecule has 2 aromatic rings. The van der Waals surface area contributed by atoms with E-state index in [2.05, 4.69) is 9.97 Å². The van der Waals surface area contributed by atoms with Crippen LogP contribution < -0.4 is 4.90 Å². The minimum atomic E-state index is -0.756. The van der Waals surface area contributed by atoms with Crippen LogP contribution in [-0.2, 0) is 0 Å². The van der Waals surface area contributed by atoms with Crippen molar-refractivity contribution in [3.05, 3.63) is 40.3 Å². The van der Waals surface area contributed by atoms with Gasteiger partial charge in [0.2, 0.25) is 5.28 Å². The number of Topliss-reactive ketones (excluding diaryl/α,β-unsaturated/α-hetero) is 1. The Labute approximate surface area is 153 Å². The van der Waals surface area contributed by atoms with Crippen LogP contribution in [0.5, 0.6) is 11.5 Å². The zero-order chi connectivity index (χ0) is 18.1. The largest absolute Gasteiger partial charge is 0.507 e. The molecule has 1 saturated heterocycles. The minimum absolute atomic E-state index is 0.0277. The summed E-state index contributed by atoms with van der Waals surface area (Å²) < 4.78 is 0. The van der Waals surface area contributed by atoms with Gasteiger partial charge >= 0.3 is 0 Å². The summed E-state index contributed by atoms with van der Waals surface area (Å²) in [6.45, 7) is 0.751. The van der Waals surface area contributed by atoms with E-state index in [-0.39, 0.29) is 39.6 Å². The van der Waals surface area contributed by atoms with Gasteiger partial charge in [0, 0.05) is 37.5 Å². The molecule has 1 fully saturated rings. The lowest BCUT2D eigenvalue weighted by Gasteiger charge is -2.33. The number of phenols is 2. The molecule has 0 bridgehead atoms. The lowest BCUT2D eigenvalue weighted by Crippen LogP contribution is -2.44. The van der Waals surface area contributed by atoms with E-state index in [4.69, 9.17) is 28.6 Å². The lowest BCUT2D eigenvalue weighted by atomic mass is 9.87. The number of hydrogen-bond donors (Lipinski definition) is 3. The Morgan fingerprint density at radius 2 is 2.04 bits per heavy atom. The van der Waals surface area contributed by atoms with Crippen LogP contribution in [0.15, 0.2) is 24.4 Å². The van der Waals surface area contributed by atoms with Crippen molar-refractivity contribution in [2.75, 3.05) is 18.0 Å². The summed E-state index contributed by atoms with van der Waals surface area (Å²) in [7, 11) is 0. The number of phenolic OH excluding ortho intramolecular Hbond substituents is 2. The van der Waals surface area contributed by atoms with Crippen LogP contribution in [0.3, 0.4) is 0 Å². The van der Waals surface area contributed by atoms with Gasteiger partial charge in [-0.1, -0.05) is 11.6 Å². The van der Waals surface area contributed by atoms with Crippen molar-refractivity contribution in [2.24, 2.45) is 5.92 Å². The average Bonchev–Trinajstić information content (AvgIpc) is 2.58. The number of nitrogens with zero attached hydrogens (tertiary/aromatic N) is 3. The molecule has 1 aliphatic heterocycles. The fraction of sp³-hybridized carbons (Fsp3) is 0.250. The minimum Gasteiger partial charge on any atom is -0.507 e. The number of rotatable bonds is 3. The highest BCUT2D eigenvalue weighted by Crippen LogP contribution is 2.33. The topological polar surface area (TPSA) is 110 Å². The third-order valence-corrected chi connectivity index (χ3v) is 4.54. The summed E-state index contributed by atoms with van der Waals surface area (Å²) in [6, 6.07) is 3.91. The van der Waals surface area contributed by atoms with Crippen molar-refractivity contribution < 1.29 is 15.0 Å². The second-order valence-corrected chi connectivity index (χ2v) is 6.39. The maximum atomic E-state index is 12.8. The number of aromatic nitrogens is 2. The molecule has 0 amide bonds. The van der Waals surface area contributed by atoms with Gasteiger partial charge in [-0.25, -0.2) is 9.97 Å². The Morgan fingerprint density at radius 3 is 2.76 bits per heavy atom. The van der Waals surface area contributed by atoms with Gasteiger partial charge < -0.3 is 20.5 Å². The van der Waals surface area contributed by atoms with Gasteiger partial charge in [-0.05, 0) is 23.7 Å². The van der Waals surface area contributed by atoms with Crippen LogP contribution in [0, 0.1) is 11.3 Å². The first kappa shape index (κ1) is 17.4. The third-order valence-electron chi connectivity index (χ3n) is 4.06. The SMILES string of the molecule is N=C1CCN(c2ccnc(Cl)n2)CC1C(=O)c1cc(Cl)c(O)cc1O. The van der Waals surface area contributed by atoms with Gasteiger partial charge in [0.05, 0.1) is 16.5 Å². The molecule has 3 rings (SSSR count). The van der Waals surface area contributed by atoms with Gasteiger partial charge in [-0.15, -0.1) is 0 Å². The molecule has 1 aromatic carbocycles. The Morgan fingerprint density at radius 1 is 1.28 bits per heavy atom. The first-order valence-corrected chi connectivity index (χ1v) is 8.19. The molecule has 0 spiro atoms. The Hall–Kier alpha value is -2.38. The third kappa shape index (κ3) is 3.52. The molecule has 3 N–H and O–H groups in total. The first-order valence-electron chi connectivity index (χ1n) is 7.43. The van der Waals surface area contributed by atoms with Gasteiger partial charge in [0.1, 0.15) is 17.3 Å². The molecule has 0 aliphatic carbocycles. The number of anilines is 1. The summed E-state index contributed by atoms with van der Waals surface area (Å²) in [4.78, 5) is 22.6. The first-order chi connectivity index (χ1) is 11.9. The Kier molecular flexibility index (Phi) is 4.78. The van der Waals surface area contributed by atoms with Gasteiger partial charge in [-0.2, -0.15) is 0 Å². The predicted molar refractivity (Wildman–Crippen MR) is 94.2 cm³/mol. The molecule has 9 heteroatoms. The number of piperidine rings is 1. The highest BCUT2D eigenvalue weighted by Gasteiger charge is 2.33. The molecule has 0 radical (unpaired) electrons. The van der Waals surface area contributed by atoms with Crippen LogP contribution in [0.25, 0.3) is 0 Å². The smallest absolute Gasteiger partial charge is 0.224 e. The second-order valence-electron chi connectivity index (χ2n) is 5.64. The second kappa shape index (κ2) is 6.85. The standard InChI is InChI=1S/C16H14Cl2N4O3/c17-10-5-8(12(23)6-13(10)24)15(25)9-7-22(4-2-11(9)19)14-1-3-20-16(18)21-14/h1,3,5-6,9,19,23-24H,2,4,7H2. The number of carbonyl (C=O) groups excluding carboxylic acids is 1. The summed E-state index contributed by atoms with van der Waals surface area (Å²) in [5, 5.41) is 27.6. The van der Waals surface area contributed by atoms with Gasteiger partial charge in [-0.3, -0.25) is 4.79 Å². The highest BCUT2D eigenvalue weighted by molar-refractivity contribution is 6.32. The van der Waals surface area contributed by atoms with E-state index < -0.39 is 11.7 Å². The fourth-order valence-corrected chi connectivity index (χ4v) is 3.05. The molecular formula is C16H14Cl2N4O3. The summed E-state index contributed by atoms with van der Waals surface area (Å²) >= 11 is 11.6. The number of benzene rings is 1. The lowest BCUT2D eigenvalue weighted by molar-refractivity contribution is 0.0950. The molecule has 1 unspecified atom stereocenters. The van der Waals surface area contributed by atoms with Crippen molar-refractivity contribution in [1.29, 1.82) is 5.41 Å². The van der Waals surface area contributed by atoms with Gasteiger partial charge in [0.25, 0.3) is 0 Å². The van der Waals surface area contributed by atoms with E-state index in [0.29, 0.717) is 18.8 Å². The molecule has 25 heavy (non-hydrogen) atoms. The monoisotopic (exact) mass is 380 g/mol. The normalized spacial score (nSPS) is 17.6. The zero-order valence-corrected chi connectivity index (χ0v) is 14.4. The van der Waals surface area contributed by atoms with Crippen LogP contribution in [0.2, 0.25) is 10.3 Å². The van der Waals surface area contributed by atoms with E-state index in [1.807, 2.05) is 4.90 Å². The Bertz CT molecular complexity index is 859. The summed E-state index contributed by atoms with van der Waals surface area (Å²) in [5.74, 6) is -1.31. The van der Waals surface area contributed by atoms with Crippen LogP contribution in [-0.4, -0.2) is 44.8 Å². The average molecular weight is 381 g/mol. The predicted octanol–water partition coefficient (Wildman–Crippen LogP) is 2.92. The Balaban J connectivity index is 1.89. The van der Waals surface area contributed by atoms with E-state index in [1.165, 1.54) is 12.3 Å². The van der Waals surface area contributed by atoms with E-state index in [9.17, 15) is 15.0 Å².